The Kier molecular flexibility index (Phi) is 2.56. The largest absolute Gasteiger partial charge is 0.291 e. The smallest absolute Gasteiger partial charge is 0.263 e. The highest BCUT2D eigenvalue weighted by atomic mass is 35.7. The Morgan fingerprint density at radius 2 is 1.92 bits per heavy atom. The Bertz CT molecular complexity index is 376. The van der Waals surface area contributed by atoms with Crippen molar-refractivity contribution in [1.29, 1.82) is 0 Å². The van der Waals surface area contributed by atoms with E-state index >= 15 is 0 Å². The van der Waals surface area contributed by atoms with Gasteiger partial charge in [-0.3, -0.25) is 10.7 Å². The molecule has 4 nitrogen and oxygen atoms in total. The van der Waals surface area contributed by atoms with Gasteiger partial charge in [0.1, 0.15) is 4.90 Å². The maximum Gasteiger partial charge on any atom is 0.263 e. The number of hydrogen-bond acceptors (Lipinski definition) is 4. The molecule has 1 rings (SSSR count). The van der Waals surface area contributed by atoms with Gasteiger partial charge < -0.3 is 0 Å². The molecule has 66 valence electrons. The van der Waals surface area contributed by atoms with Crippen molar-refractivity contribution in [3.63, 3.8) is 0 Å². The summed E-state index contributed by atoms with van der Waals surface area (Å²) in [5.74, 6) is 0. The van der Waals surface area contributed by atoms with Crippen LogP contribution in [0.2, 0.25) is 0 Å². The van der Waals surface area contributed by atoms with Gasteiger partial charge in [0.15, 0.2) is 0 Å². The van der Waals surface area contributed by atoms with Gasteiger partial charge >= 0.3 is 0 Å². The normalized spacial score (nSPS) is 11.2. The molecule has 6 heteroatoms. The molecular formula is C6H6ClNO3S. The van der Waals surface area contributed by atoms with Gasteiger partial charge in [0.05, 0.1) is 5.69 Å². The van der Waals surface area contributed by atoms with Gasteiger partial charge in [0.2, 0.25) is 0 Å². The zero-order chi connectivity index (χ0) is 9.19. The van der Waals surface area contributed by atoms with E-state index in [4.69, 9.17) is 15.9 Å². The van der Waals surface area contributed by atoms with Crippen LogP contribution in [0.5, 0.6) is 0 Å². The predicted molar refractivity (Wildman–Crippen MR) is 44.9 cm³/mol. The molecule has 0 heterocycles. The van der Waals surface area contributed by atoms with Crippen LogP contribution in [0.4, 0.5) is 5.69 Å². The van der Waals surface area contributed by atoms with Crippen LogP contribution in [-0.4, -0.2) is 13.6 Å². The molecule has 0 spiro atoms. The number of benzene rings is 1. The summed E-state index contributed by atoms with van der Waals surface area (Å²) in [6, 6.07) is 5.77. The van der Waals surface area contributed by atoms with Crippen LogP contribution in [0, 0.1) is 0 Å². The first-order valence-corrected chi connectivity index (χ1v) is 5.30. The number of para-hydroxylation sites is 1. The van der Waals surface area contributed by atoms with Crippen LogP contribution in [0.15, 0.2) is 29.2 Å². The molecule has 12 heavy (non-hydrogen) atoms. The van der Waals surface area contributed by atoms with E-state index in [0.717, 1.165) is 0 Å². The molecule has 0 aromatic heterocycles. The van der Waals surface area contributed by atoms with Crippen LogP contribution >= 0.6 is 10.7 Å². The Labute approximate surface area is 74.2 Å². The lowest BCUT2D eigenvalue weighted by Crippen LogP contribution is -1.98. The van der Waals surface area contributed by atoms with Crippen LogP contribution in [-0.2, 0) is 9.05 Å². The Morgan fingerprint density at radius 1 is 1.33 bits per heavy atom. The monoisotopic (exact) mass is 207 g/mol. The molecule has 0 aliphatic carbocycles. The predicted octanol–water partition coefficient (Wildman–Crippen LogP) is 1.42. The van der Waals surface area contributed by atoms with Gasteiger partial charge in [-0.05, 0) is 12.1 Å². The number of rotatable bonds is 2. The van der Waals surface area contributed by atoms with Crippen molar-refractivity contribution < 1.29 is 13.6 Å². The van der Waals surface area contributed by atoms with Gasteiger partial charge in [0, 0.05) is 10.7 Å². The van der Waals surface area contributed by atoms with Gasteiger partial charge in [-0.25, -0.2) is 8.42 Å². The van der Waals surface area contributed by atoms with Crippen molar-refractivity contribution in [2.24, 2.45) is 0 Å². The molecule has 1 aromatic rings. The zero-order valence-corrected chi connectivity index (χ0v) is 7.43. The molecule has 2 N–H and O–H groups in total. The lowest BCUT2D eigenvalue weighted by molar-refractivity contribution is 0.387. The SMILES string of the molecule is O=S(=O)(Cl)c1ccccc1NO. The van der Waals surface area contributed by atoms with Crippen LogP contribution in [0.3, 0.4) is 0 Å². The summed E-state index contributed by atoms with van der Waals surface area (Å²) in [5, 5.41) is 8.51. The molecule has 0 bridgehead atoms. The van der Waals surface area contributed by atoms with E-state index in [1.54, 1.807) is 11.5 Å². The third kappa shape index (κ3) is 1.88. The third-order valence-corrected chi connectivity index (χ3v) is 2.65. The van der Waals surface area contributed by atoms with Crippen molar-refractivity contribution in [2.45, 2.75) is 4.90 Å². The maximum absolute atomic E-state index is 10.8. The second-order valence-electron chi connectivity index (χ2n) is 2.05. The fraction of sp³-hybridized carbons (Fsp3) is 0. The average Bonchev–Trinajstić information content (AvgIpc) is 2.03. The minimum atomic E-state index is -3.80. The van der Waals surface area contributed by atoms with Gasteiger partial charge in [-0.1, -0.05) is 12.1 Å². The third-order valence-electron chi connectivity index (χ3n) is 1.27. The van der Waals surface area contributed by atoms with Crippen molar-refractivity contribution in [3.8, 4) is 0 Å². The molecule has 0 amide bonds. The Hall–Kier alpha value is -0.780. The van der Waals surface area contributed by atoms with E-state index in [9.17, 15) is 8.42 Å². The van der Waals surface area contributed by atoms with Crippen molar-refractivity contribution in [2.75, 3.05) is 5.48 Å². The molecule has 0 radical (unpaired) electrons. The molecule has 0 fully saturated rings. The van der Waals surface area contributed by atoms with E-state index in [0.29, 0.717) is 0 Å². The summed E-state index contributed by atoms with van der Waals surface area (Å²) in [4.78, 5) is -0.144. The van der Waals surface area contributed by atoms with Crippen molar-refractivity contribution in [3.05, 3.63) is 24.3 Å². The highest BCUT2D eigenvalue weighted by Gasteiger charge is 2.13. The summed E-state index contributed by atoms with van der Waals surface area (Å²) < 4.78 is 21.7. The second kappa shape index (κ2) is 3.30. The van der Waals surface area contributed by atoms with Crippen LogP contribution in [0.25, 0.3) is 0 Å². The quantitative estimate of drug-likeness (QED) is 0.569. The van der Waals surface area contributed by atoms with E-state index in [2.05, 4.69) is 0 Å². The molecule has 1 aromatic carbocycles. The highest BCUT2D eigenvalue weighted by Crippen LogP contribution is 2.23. The number of nitrogens with one attached hydrogen (secondary N) is 1. The van der Waals surface area contributed by atoms with Gasteiger partial charge in [-0.15, -0.1) is 0 Å². The van der Waals surface area contributed by atoms with Crippen LogP contribution in [0.1, 0.15) is 0 Å². The Morgan fingerprint density at radius 3 is 2.33 bits per heavy atom. The zero-order valence-electron chi connectivity index (χ0n) is 5.86. The van der Waals surface area contributed by atoms with Gasteiger partial charge in [-0.2, -0.15) is 0 Å². The fourth-order valence-electron chi connectivity index (χ4n) is 0.772. The molecule has 0 aliphatic rings. The minimum absolute atomic E-state index is 0.0625. The lowest BCUT2D eigenvalue weighted by atomic mass is 10.3. The number of halogens is 1. The van der Waals surface area contributed by atoms with E-state index in [1.807, 2.05) is 0 Å². The molecule has 0 saturated heterocycles. The number of anilines is 1. The van der Waals surface area contributed by atoms with E-state index in [-0.39, 0.29) is 10.6 Å². The second-order valence-corrected chi connectivity index (χ2v) is 4.58. The van der Waals surface area contributed by atoms with E-state index < -0.39 is 9.05 Å². The van der Waals surface area contributed by atoms with Crippen molar-refractivity contribution >= 4 is 25.4 Å². The average molecular weight is 208 g/mol. The highest BCUT2D eigenvalue weighted by molar-refractivity contribution is 8.13. The molecule has 0 atom stereocenters. The molecular weight excluding hydrogens is 202 g/mol. The fourth-order valence-corrected chi connectivity index (χ4v) is 1.79. The number of hydrogen-bond donors (Lipinski definition) is 2. The molecule has 0 unspecified atom stereocenters. The van der Waals surface area contributed by atoms with Gasteiger partial charge in [0.25, 0.3) is 9.05 Å². The summed E-state index contributed by atoms with van der Waals surface area (Å²) in [7, 11) is 1.27. The van der Waals surface area contributed by atoms with E-state index in [1.165, 1.54) is 18.2 Å². The Balaban J connectivity index is 3.33. The summed E-state index contributed by atoms with van der Waals surface area (Å²) in [6.07, 6.45) is 0. The standard InChI is InChI=1S/C6H6ClNO3S/c7-12(10,11)6-4-2-1-3-5(6)8-9/h1-4,8-9H. The minimum Gasteiger partial charge on any atom is -0.291 e. The van der Waals surface area contributed by atoms with Crippen LogP contribution < -0.4 is 5.48 Å². The summed E-state index contributed by atoms with van der Waals surface area (Å²) in [5.41, 5.74) is 1.80. The molecule has 0 saturated carbocycles. The molecule has 0 aliphatic heterocycles. The topological polar surface area (TPSA) is 66.4 Å². The first kappa shape index (κ1) is 9.31. The summed E-state index contributed by atoms with van der Waals surface area (Å²) in [6.45, 7) is 0. The summed E-state index contributed by atoms with van der Waals surface area (Å²) >= 11 is 0. The van der Waals surface area contributed by atoms with Crippen molar-refractivity contribution in [1.82, 2.24) is 0 Å². The first-order chi connectivity index (χ1) is 5.55. The lowest BCUT2D eigenvalue weighted by Gasteiger charge is -2.02. The maximum atomic E-state index is 10.8. The first-order valence-electron chi connectivity index (χ1n) is 2.99.